The molecule has 1 saturated heterocycles. The average molecular weight is 215 g/mol. The number of likely N-dealkylation sites (N-methyl/N-ethyl adjacent to an activating group) is 1. The molecule has 1 unspecified atom stereocenters. The van der Waals surface area contributed by atoms with E-state index < -0.39 is 6.29 Å². The molecule has 3 nitrogen and oxygen atoms in total. The largest absolute Gasteiger partial charge is 0.365 e. The lowest BCUT2D eigenvalue weighted by Gasteiger charge is -2.12. The molecule has 1 aliphatic heterocycles. The molecule has 0 aromatic carbocycles. The minimum absolute atomic E-state index is 0.0231. The van der Waals surface area contributed by atoms with Crippen LogP contribution in [0.2, 0.25) is 0 Å². The first kappa shape index (κ1) is 12.9. The third kappa shape index (κ3) is 5.50. The second-order valence-electron chi connectivity index (χ2n) is 4.52. The van der Waals surface area contributed by atoms with Crippen molar-refractivity contribution in [1.29, 1.82) is 0 Å². The topological polar surface area (TPSA) is 36.0 Å². The van der Waals surface area contributed by atoms with E-state index in [1.54, 1.807) is 0 Å². The average Bonchev–Trinajstić information content (AvgIpc) is 2.94. The summed E-state index contributed by atoms with van der Waals surface area (Å²) in [6, 6.07) is 0. The highest BCUT2D eigenvalue weighted by molar-refractivity contribution is 4.73. The molecule has 15 heavy (non-hydrogen) atoms. The summed E-state index contributed by atoms with van der Waals surface area (Å²) in [7, 11) is 2.01. The zero-order valence-electron chi connectivity index (χ0n) is 10.1. The van der Waals surface area contributed by atoms with Gasteiger partial charge in [0.2, 0.25) is 0 Å². The van der Waals surface area contributed by atoms with E-state index in [0.29, 0.717) is 0 Å². The van der Waals surface area contributed by atoms with Gasteiger partial charge in [-0.1, -0.05) is 45.4 Å². The minimum Gasteiger partial charge on any atom is -0.365 e. The van der Waals surface area contributed by atoms with Crippen molar-refractivity contribution in [1.82, 2.24) is 4.90 Å². The van der Waals surface area contributed by atoms with Crippen molar-refractivity contribution in [2.75, 3.05) is 13.6 Å². The van der Waals surface area contributed by atoms with Gasteiger partial charge in [-0.05, 0) is 13.5 Å². The van der Waals surface area contributed by atoms with Gasteiger partial charge in [0.1, 0.15) is 0 Å². The van der Waals surface area contributed by atoms with E-state index in [2.05, 4.69) is 11.8 Å². The molecule has 0 bridgehead atoms. The number of epoxide rings is 1. The predicted molar refractivity (Wildman–Crippen MR) is 61.5 cm³/mol. The van der Waals surface area contributed by atoms with Crippen LogP contribution in [0, 0.1) is 0 Å². The van der Waals surface area contributed by atoms with Crippen LogP contribution in [-0.2, 0) is 4.74 Å². The summed E-state index contributed by atoms with van der Waals surface area (Å²) in [5.74, 6) is 0. The maximum absolute atomic E-state index is 9.03. The molecule has 1 N–H and O–H groups in total. The lowest BCUT2D eigenvalue weighted by molar-refractivity contribution is 0.153. The molecule has 0 spiro atoms. The van der Waals surface area contributed by atoms with Crippen molar-refractivity contribution >= 4 is 0 Å². The Bertz CT molecular complexity index is 164. The summed E-state index contributed by atoms with van der Waals surface area (Å²) in [4.78, 5) is 2.09. The number of rotatable bonds is 9. The highest BCUT2D eigenvalue weighted by Gasteiger charge is 2.40. The smallest absolute Gasteiger partial charge is 0.197 e. The van der Waals surface area contributed by atoms with Crippen LogP contribution in [0.1, 0.15) is 51.9 Å². The summed E-state index contributed by atoms with van der Waals surface area (Å²) < 4.78 is 4.97. The molecule has 0 saturated carbocycles. The summed E-state index contributed by atoms with van der Waals surface area (Å²) in [5.41, 5.74) is 0. The zero-order valence-corrected chi connectivity index (χ0v) is 10.1. The minimum atomic E-state index is -0.528. The van der Waals surface area contributed by atoms with Gasteiger partial charge >= 0.3 is 0 Å². The second kappa shape index (κ2) is 7.20. The Labute approximate surface area is 93.4 Å². The van der Waals surface area contributed by atoms with Gasteiger partial charge in [0.05, 0.1) is 0 Å². The number of hydrogen-bond acceptors (Lipinski definition) is 3. The normalized spacial score (nSPS) is 24.8. The maximum atomic E-state index is 9.03. The Morgan fingerprint density at radius 1 is 1.07 bits per heavy atom. The molecular formula is C12H25NO2. The molecular weight excluding hydrogens is 190 g/mol. The monoisotopic (exact) mass is 215 g/mol. The first-order valence-electron chi connectivity index (χ1n) is 6.29. The molecule has 1 fully saturated rings. The van der Waals surface area contributed by atoms with Gasteiger partial charge in [0.15, 0.2) is 12.5 Å². The first-order valence-corrected chi connectivity index (χ1v) is 6.29. The highest BCUT2D eigenvalue weighted by atomic mass is 16.7. The molecule has 0 aromatic heterocycles. The molecule has 0 radical (unpaired) electrons. The Morgan fingerprint density at radius 3 is 2.13 bits per heavy atom. The predicted octanol–water partition coefficient (Wildman–Crippen LogP) is 2.34. The standard InChI is InChI=1S/C12H25NO2/c1-3-4-5-6-7-8-9-10-13(2)11-12(14)15-11/h11-12,14H,3-10H2,1-2H3/t11?,12-/m1/s1. The van der Waals surface area contributed by atoms with Crippen molar-refractivity contribution in [3.63, 3.8) is 0 Å². The fourth-order valence-corrected chi connectivity index (χ4v) is 1.86. The number of nitrogens with zero attached hydrogens (tertiary/aromatic N) is 1. The summed E-state index contributed by atoms with van der Waals surface area (Å²) in [5, 5.41) is 9.03. The van der Waals surface area contributed by atoms with Crippen molar-refractivity contribution in [2.24, 2.45) is 0 Å². The molecule has 0 amide bonds. The van der Waals surface area contributed by atoms with Gasteiger partial charge in [-0.3, -0.25) is 4.90 Å². The molecule has 0 aliphatic carbocycles. The zero-order chi connectivity index (χ0) is 11.1. The lowest BCUT2D eigenvalue weighted by Crippen LogP contribution is -2.24. The van der Waals surface area contributed by atoms with E-state index in [4.69, 9.17) is 9.84 Å². The first-order chi connectivity index (χ1) is 7.25. The molecule has 90 valence electrons. The molecule has 3 heteroatoms. The molecule has 1 heterocycles. The van der Waals surface area contributed by atoms with Gasteiger partial charge in [0, 0.05) is 6.54 Å². The second-order valence-corrected chi connectivity index (χ2v) is 4.52. The lowest BCUT2D eigenvalue weighted by atomic mass is 10.1. The van der Waals surface area contributed by atoms with Crippen LogP contribution in [0.15, 0.2) is 0 Å². The Balaban J connectivity index is 1.80. The third-order valence-electron chi connectivity index (χ3n) is 2.99. The molecule has 1 rings (SSSR count). The van der Waals surface area contributed by atoms with Crippen LogP contribution < -0.4 is 0 Å². The Hall–Kier alpha value is -0.120. The Kier molecular flexibility index (Phi) is 6.22. The number of unbranched alkanes of at least 4 members (excludes halogenated alkanes) is 6. The number of aliphatic hydroxyl groups is 1. The van der Waals surface area contributed by atoms with Crippen molar-refractivity contribution in [3.8, 4) is 0 Å². The van der Waals surface area contributed by atoms with Crippen LogP contribution in [-0.4, -0.2) is 36.1 Å². The summed E-state index contributed by atoms with van der Waals surface area (Å²) in [6.07, 6.45) is 8.77. The quantitative estimate of drug-likeness (QED) is 0.474. The molecule has 0 aromatic rings. The van der Waals surface area contributed by atoms with Gasteiger partial charge in [-0.25, -0.2) is 0 Å². The van der Waals surface area contributed by atoms with Crippen LogP contribution in [0.25, 0.3) is 0 Å². The molecule has 2 atom stereocenters. The SMILES string of the molecule is CCCCCCCCCN(C)C1O[C@H]1O. The van der Waals surface area contributed by atoms with E-state index >= 15 is 0 Å². The van der Waals surface area contributed by atoms with E-state index in [-0.39, 0.29) is 6.23 Å². The van der Waals surface area contributed by atoms with Crippen LogP contribution in [0.5, 0.6) is 0 Å². The fourth-order valence-electron chi connectivity index (χ4n) is 1.86. The van der Waals surface area contributed by atoms with Gasteiger partial charge in [0.25, 0.3) is 0 Å². The Morgan fingerprint density at radius 2 is 1.60 bits per heavy atom. The van der Waals surface area contributed by atoms with E-state index in [1.165, 1.54) is 44.9 Å². The van der Waals surface area contributed by atoms with Crippen LogP contribution in [0.3, 0.4) is 0 Å². The van der Waals surface area contributed by atoms with Gasteiger partial charge < -0.3 is 9.84 Å². The van der Waals surface area contributed by atoms with E-state index in [1.807, 2.05) is 7.05 Å². The number of ether oxygens (including phenoxy) is 1. The van der Waals surface area contributed by atoms with Crippen molar-refractivity contribution in [3.05, 3.63) is 0 Å². The van der Waals surface area contributed by atoms with Gasteiger partial charge in [-0.15, -0.1) is 0 Å². The van der Waals surface area contributed by atoms with Gasteiger partial charge in [-0.2, -0.15) is 0 Å². The third-order valence-corrected chi connectivity index (χ3v) is 2.99. The van der Waals surface area contributed by atoms with E-state index in [0.717, 1.165) is 6.54 Å². The van der Waals surface area contributed by atoms with Crippen molar-refractivity contribution in [2.45, 2.75) is 64.4 Å². The summed E-state index contributed by atoms with van der Waals surface area (Å²) in [6.45, 7) is 3.28. The summed E-state index contributed by atoms with van der Waals surface area (Å²) >= 11 is 0. The molecule has 1 aliphatic rings. The highest BCUT2D eigenvalue weighted by Crippen LogP contribution is 2.22. The van der Waals surface area contributed by atoms with Crippen molar-refractivity contribution < 1.29 is 9.84 Å². The fraction of sp³-hybridized carbons (Fsp3) is 1.00. The number of aliphatic hydroxyl groups excluding tert-OH is 1. The maximum Gasteiger partial charge on any atom is 0.197 e. The van der Waals surface area contributed by atoms with Crippen LogP contribution >= 0.6 is 0 Å². The number of hydrogen-bond donors (Lipinski definition) is 1. The van der Waals surface area contributed by atoms with Crippen LogP contribution in [0.4, 0.5) is 0 Å². The van der Waals surface area contributed by atoms with E-state index in [9.17, 15) is 0 Å².